The number of hydrogen-bond acceptors (Lipinski definition) is 3. The van der Waals surface area contributed by atoms with Gasteiger partial charge in [-0.15, -0.1) is 0 Å². The van der Waals surface area contributed by atoms with Crippen molar-refractivity contribution in [2.24, 2.45) is 0 Å². The van der Waals surface area contributed by atoms with Crippen LogP contribution < -0.4 is 0 Å². The summed E-state index contributed by atoms with van der Waals surface area (Å²) in [6, 6.07) is 15.8. The van der Waals surface area contributed by atoms with E-state index < -0.39 is 0 Å². The maximum absolute atomic E-state index is 12.9. The minimum absolute atomic E-state index is 0.0436. The van der Waals surface area contributed by atoms with Gasteiger partial charge in [-0.2, -0.15) is 0 Å². The predicted octanol–water partition coefficient (Wildman–Crippen LogP) is 4.45. The van der Waals surface area contributed by atoms with Gasteiger partial charge in [0.25, 0.3) is 11.8 Å². The SMILES string of the molecule is O=C(c1cc2ccccc2cc1O)N1CCN(C(=O)c2cccc(Cl)c2Cl)CC1. The quantitative estimate of drug-likeness (QED) is 0.655. The Labute approximate surface area is 178 Å². The van der Waals surface area contributed by atoms with Gasteiger partial charge >= 0.3 is 0 Å². The van der Waals surface area contributed by atoms with Crippen LogP contribution in [-0.2, 0) is 0 Å². The zero-order valence-corrected chi connectivity index (χ0v) is 17.0. The molecule has 3 aromatic rings. The van der Waals surface area contributed by atoms with E-state index in [1.807, 2.05) is 24.3 Å². The van der Waals surface area contributed by atoms with Crippen LogP contribution in [0.3, 0.4) is 0 Å². The van der Waals surface area contributed by atoms with E-state index in [4.69, 9.17) is 23.2 Å². The average molecular weight is 429 g/mol. The number of rotatable bonds is 2. The minimum atomic E-state index is -0.249. The molecule has 0 radical (unpaired) electrons. The zero-order valence-electron chi connectivity index (χ0n) is 15.4. The lowest BCUT2D eigenvalue weighted by Gasteiger charge is -2.35. The number of piperazine rings is 1. The van der Waals surface area contributed by atoms with Gasteiger partial charge in [0.1, 0.15) is 5.75 Å². The Morgan fingerprint density at radius 1 is 0.759 bits per heavy atom. The van der Waals surface area contributed by atoms with Crippen LogP contribution >= 0.6 is 23.2 Å². The third kappa shape index (κ3) is 3.76. The fraction of sp³-hybridized carbons (Fsp3) is 0.182. The summed E-state index contributed by atoms with van der Waals surface area (Å²) in [5.41, 5.74) is 0.618. The number of aromatic hydroxyl groups is 1. The van der Waals surface area contributed by atoms with Crippen LogP contribution in [0.1, 0.15) is 20.7 Å². The number of nitrogens with zero attached hydrogens (tertiary/aromatic N) is 2. The van der Waals surface area contributed by atoms with E-state index in [0.29, 0.717) is 36.8 Å². The highest BCUT2D eigenvalue weighted by molar-refractivity contribution is 6.43. The summed E-state index contributed by atoms with van der Waals surface area (Å²) < 4.78 is 0. The molecular formula is C22H18Cl2N2O3. The van der Waals surface area contributed by atoms with Crippen molar-refractivity contribution < 1.29 is 14.7 Å². The molecule has 1 saturated heterocycles. The highest BCUT2D eigenvalue weighted by atomic mass is 35.5. The van der Waals surface area contributed by atoms with Gasteiger partial charge in [0, 0.05) is 26.2 Å². The Kier molecular flexibility index (Phi) is 5.35. The van der Waals surface area contributed by atoms with Crippen molar-refractivity contribution in [1.82, 2.24) is 9.80 Å². The summed E-state index contributed by atoms with van der Waals surface area (Å²) in [5, 5.41) is 12.6. The third-order valence-electron chi connectivity index (χ3n) is 5.13. The lowest BCUT2D eigenvalue weighted by atomic mass is 10.0. The first-order valence-corrected chi connectivity index (χ1v) is 9.95. The van der Waals surface area contributed by atoms with Crippen molar-refractivity contribution in [2.45, 2.75) is 0 Å². The van der Waals surface area contributed by atoms with E-state index in [-0.39, 0.29) is 28.1 Å². The van der Waals surface area contributed by atoms with E-state index in [1.165, 1.54) is 0 Å². The molecule has 0 atom stereocenters. The number of phenols is 1. The molecule has 1 aliphatic heterocycles. The lowest BCUT2D eigenvalue weighted by molar-refractivity contribution is 0.0534. The Morgan fingerprint density at radius 2 is 1.31 bits per heavy atom. The molecule has 1 heterocycles. The van der Waals surface area contributed by atoms with E-state index in [9.17, 15) is 14.7 Å². The topological polar surface area (TPSA) is 60.9 Å². The van der Waals surface area contributed by atoms with Crippen LogP contribution in [0.5, 0.6) is 5.75 Å². The van der Waals surface area contributed by atoms with E-state index in [0.717, 1.165) is 10.8 Å². The Morgan fingerprint density at radius 3 is 1.93 bits per heavy atom. The van der Waals surface area contributed by atoms with Gasteiger partial charge in [-0.05, 0) is 35.0 Å². The first-order chi connectivity index (χ1) is 14.0. The van der Waals surface area contributed by atoms with E-state index >= 15 is 0 Å². The van der Waals surface area contributed by atoms with Crippen LogP contribution in [0.25, 0.3) is 10.8 Å². The molecule has 1 aliphatic rings. The minimum Gasteiger partial charge on any atom is -0.507 e. The molecule has 0 saturated carbocycles. The number of carbonyl (C=O) groups is 2. The first-order valence-electron chi connectivity index (χ1n) is 9.20. The third-order valence-corrected chi connectivity index (χ3v) is 5.95. The van der Waals surface area contributed by atoms with Gasteiger partial charge in [0.05, 0.1) is 21.2 Å². The number of amides is 2. The second kappa shape index (κ2) is 7.93. The molecule has 0 unspecified atom stereocenters. The summed E-state index contributed by atoms with van der Waals surface area (Å²) in [4.78, 5) is 29.0. The highest BCUT2D eigenvalue weighted by Gasteiger charge is 2.28. The van der Waals surface area contributed by atoms with Crippen molar-refractivity contribution in [2.75, 3.05) is 26.2 Å². The van der Waals surface area contributed by atoms with Crippen LogP contribution in [0.15, 0.2) is 54.6 Å². The van der Waals surface area contributed by atoms with Gasteiger partial charge in [0.15, 0.2) is 0 Å². The summed E-state index contributed by atoms with van der Waals surface area (Å²) in [5.74, 6) is -0.503. The Balaban J connectivity index is 1.48. The number of hydrogen-bond donors (Lipinski definition) is 1. The normalized spacial score (nSPS) is 14.3. The van der Waals surface area contributed by atoms with Crippen LogP contribution in [0.4, 0.5) is 0 Å². The molecule has 0 aromatic heterocycles. The van der Waals surface area contributed by atoms with E-state index in [1.54, 1.807) is 40.1 Å². The maximum Gasteiger partial charge on any atom is 0.257 e. The number of halogens is 2. The molecule has 2 amide bonds. The molecule has 7 heteroatoms. The second-order valence-electron chi connectivity index (χ2n) is 6.90. The van der Waals surface area contributed by atoms with Gasteiger partial charge < -0.3 is 14.9 Å². The van der Waals surface area contributed by atoms with Crippen molar-refractivity contribution in [3.63, 3.8) is 0 Å². The molecular weight excluding hydrogens is 411 g/mol. The second-order valence-corrected chi connectivity index (χ2v) is 7.69. The van der Waals surface area contributed by atoms with Gasteiger partial charge in [-0.3, -0.25) is 9.59 Å². The summed E-state index contributed by atoms with van der Waals surface area (Å²) >= 11 is 12.2. The van der Waals surface area contributed by atoms with Crippen LogP contribution in [0, 0.1) is 0 Å². The fourth-order valence-electron chi connectivity index (χ4n) is 3.52. The number of phenolic OH excluding ortho intramolecular Hbond substituents is 1. The first kappa shape index (κ1) is 19.6. The van der Waals surface area contributed by atoms with Gasteiger partial charge in [-0.1, -0.05) is 53.5 Å². The fourth-order valence-corrected chi connectivity index (χ4v) is 3.90. The molecule has 148 valence electrons. The maximum atomic E-state index is 12.9. The molecule has 0 aliphatic carbocycles. The molecule has 0 bridgehead atoms. The summed E-state index contributed by atoms with van der Waals surface area (Å²) in [6.07, 6.45) is 0. The van der Waals surface area contributed by atoms with Crippen LogP contribution in [0.2, 0.25) is 10.0 Å². The van der Waals surface area contributed by atoms with Crippen LogP contribution in [-0.4, -0.2) is 52.9 Å². The molecule has 4 rings (SSSR count). The number of carbonyl (C=O) groups excluding carboxylic acids is 2. The van der Waals surface area contributed by atoms with Gasteiger partial charge in [0.2, 0.25) is 0 Å². The Bertz CT molecular complexity index is 1110. The summed E-state index contributed by atoms with van der Waals surface area (Å²) in [6.45, 7) is 1.49. The highest BCUT2D eigenvalue weighted by Crippen LogP contribution is 2.28. The molecule has 3 aromatic carbocycles. The van der Waals surface area contributed by atoms with Gasteiger partial charge in [-0.25, -0.2) is 0 Å². The lowest BCUT2D eigenvalue weighted by Crippen LogP contribution is -2.50. The van der Waals surface area contributed by atoms with Crippen molar-refractivity contribution in [3.05, 3.63) is 75.8 Å². The largest absolute Gasteiger partial charge is 0.507 e. The molecule has 5 nitrogen and oxygen atoms in total. The molecule has 1 N–H and O–H groups in total. The summed E-state index contributed by atoms with van der Waals surface area (Å²) in [7, 11) is 0. The number of benzene rings is 3. The van der Waals surface area contributed by atoms with Crippen molar-refractivity contribution in [1.29, 1.82) is 0 Å². The number of fused-ring (bicyclic) bond motifs is 1. The molecule has 29 heavy (non-hydrogen) atoms. The Hall–Kier alpha value is -2.76. The zero-order chi connectivity index (χ0) is 20.5. The molecule has 1 fully saturated rings. The van der Waals surface area contributed by atoms with E-state index in [2.05, 4.69) is 0 Å². The van der Waals surface area contributed by atoms with Crippen molar-refractivity contribution >= 4 is 45.8 Å². The molecule has 0 spiro atoms. The standard InChI is InChI=1S/C22H18Cl2N2O3/c23-18-7-3-6-16(20(18)24)21(28)25-8-10-26(11-9-25)22(29)17-12-14-4-1-2-5-15(14)13-19(17)27/h1-7,12-13,27H,8-11H2. The smallest absolute Gasteiger partial charge is 0.257 e. The van der Waals surface area contributed by atoms with Crippen molar-refractivity contribution in [3.8, 4) is 5.75 Å². The monoisotopic (exact) mass is 428 g/mol. The predicted molar refractivity (Wildman–Crippen MR) is 114 cm³/mol. The average Bonchev–Trinajstić information content (AvgIpc) is 2.74.